The van der Waals surface area contributed by atoms with Crippen molar-refractivity contribution in [1.82, 2.24) is 0 Å². The number of benzene rings is 3. The van der Waals surface area contributed by atoms with Gasteiger partial charge < -0.3 is 10.2 Å². The molecule has 3 nitrogen and oxygen atoms in total. The lowest BCUT2D eigenvalue weighted by molar-refractivity contribution is 0.102. The smallest absolute Gasteiger partial charge is 0.201 e. The quantitative estimate of drug-likeness (QED) is 0.609. The fourth-order valence-electron chi connectivity index (χ4n) is 3.64. The van der Waals surface area contributed by atoms with Crippen molar-refractivity contribution in [2.75, 3.05) is 5.75 Å². The molecule has 0 spiro atoms. The van der Waals surface area contributed by atoms with Crippen LogP contribution in [-0.2, 0) is 6.42 Å². The second-order valence-electron chi connectivity index (χ2n) is 6.65. The molecule has 1 aliphatic rings. The number of hydrogen-bond donors (Lipinski definition) is 2. The van der Waals surface area contributed by atoms with Crippen LogP contribution >= 0.6 is 11.8 Å². The lowest BCUT2D eigenvalue weighted by atomic mass is 9.83. The fraction of sp³-hybridized carbons (Fsp3) is 0.174. The van der Waals surface area contributed by atoms with Crippen molar-refractivity contribution < 1.29 is 15.0 Å². The molecule has 0 bridgehead atoms. The molecule has 0 aromatic heterocycles. The number of fused-ring (bicyclic) bond motifs is 2. The average Bonchev–Trinajstić information content (AvgIpc) is 2.68. The summed E-state index contributed by atoms with van der Waals surface area (Å²) >= 11 is 1.75. The molecule has 0 radical (unpaired) electrons. The van der Waals surface area contributed by atoms with Gasteiger partial charge in [-0.2, -0.15) is 0 Å². The topological polar surface area (TPSA) is 57.5 Å². The summed E-state index contributed by atoms with van der Waals surface area (Å²) in [5.41, 5.74) is 3.58. The number of thioether (sulfide) groups is 1. The standard InChI is InChI=1S/C23H20O3S/c24-18-12-4-10-16-20(18)22(26)21-17(11-5-13-19(21)25)23(16)27-14-6-9-15-7-2-1-3-8-15/h1-5,7-8,10-13,23-25H,6,9,14H2. The molecular weight excluding hydrogens is 356 g/mol. The van der Waals surface area contributed by atoms with Gasteiger partial charge in [0.05, 0.1) is 16.4 Å². The first-order valence-electron chi connectivity index (χ1n) is 9.01. The molecule has 0 aliphatic heterocycles. The molecule has 2 N–H and O–H groups in total. The molecule has 0 fully saturated rings. The van der Waals surface area contributed by atoms with E-state index >= 15 is 0 Å². The van der Waals surface area contributed by atoms with E-state index in [4.69, 9.17) is 0 Å². The molecule has 3 aromatic carbocycles. The van der Waals surface area contributed by atoms with Crippen LogP contribution in [0.25, 0.3) is 0 Å². The summed E-state index contributed by atoms with van der Waals surface area (Å²) in [5, 5.41) is 20.5. The van der Waals surface area contributed by atoms with E-state index in [1.54, 1.807) is 23.9 Å². The van der Waals surface area contributed by atoms with Crippen molar-refractivity contribution >= 4 is 17.5 Å². The predicted octanol–water partition coefficient (Wildman–Crippen LogP) is 5.10. The maximum atomic E-state index is 12.9. The number of carbonyl (C=O) groups is 1. The van der Waals surface area contributed by atoms with Gasteiger partial charge >= 0.3 is 0 Å². The van der Waals surface area contributed by atoms with Crippen molar-refractivity contribution in [3.63, 3.8) is 0 Å². The van der Waals surface area contributed by atoms with Gasteiger partial charge in [-0.1, -0.05) is 54.6 Å². The van der Waals surface area contributed by atoms with Gasteiger partial charge in [0.25, 0.3) is 0 Å². The minimum atomic E-state index is -0.308. The van der Waals surface area contributed by atoms with Gasteiger partial charge in [0.2, 0.25) is 5.78 Å². The second kappa shape index (κ2) is 7.49. The highest BCUT2D eigenvalue weighted by Crippen LogP contribution is 2.47. The van der Waals surface area contributed by atoms with Gasteiger partial charge in [0, 0.05) is 0 Å². The molecule has 4 rings (SSSR count). The Kier molecular flexibility index (Phi) is 4.90. The van der Waals surface area contributed by atoms with Gasteiger partial charge in [-0.15, -0.1) is 11.8 Å². The van der Waals surface area contributed by atoms with E-state index in [-0.39, 0.29) is 22.5 Å². The van der Waals surface area contributed by atoms with Crippen LogP contribution in [0.5, 0.6) is 11.5 Å². The van der Waals surface area contributed by atoms with Gasteiger partial charge in [0.15, 0.2) is 0 Å². The monoisotopic (exact) mass is 376 g/mol. The summed E-state index contributed by atoms with van der Waals surface area (Å²) in [6.45, 7) is 0. The molecule has 0 unspecified atom stereocenters. The van der Waals surface area contributed by atoms with Crippen LogP contribution in [0.1, 0.15) is 44.3 Å². The van der Waals surface area contributed by atoms with Crippen LogP contribution < -0.4 is 0 Å². The maximum Gasteiger partial charge on any atom is 0.201 e. The van der Waals surface area contributed by atoms with Crippen LogP contribution in [0.4, 0.5) is 0 Å². The zero-order chi connectivity index (χ0) is 18.8. The Morgan fingerprint density at radius 2 is 1.37 bits per heavy atom. The number of aromatic hydroxyl groups is 2. The van der Waals surface area contributed by atoms with E-state index < -0.39 is 0 Å². The molecule has 0 amide bonds. The SMILES string of the molecule is O=C1c2c(O)cccc2C(SCCCc2ccccc2)c2cccc(O)c21. The molecule has 136 valence electrons. The Labute approximate surface area is 162 Å². The number of aryl methyl sites for hydroxylation is 1. The summed E-state index contributed by atoms with van der Waals surface area (Å²) in [7, 11) is 0. The highest BCUT2D eigenvalue weighted by molar-refractivity contribution is 7.99. The number of phenols is 2. The summed E-state index contributed by atoms with van der Waals surface area (Å²) < 4.78 is 0. The maximum absolute atomic E-state index is 12.9. The van der Waals surface area contributed by atoms with Gasteiger partial charge in [-0.05, 0) is 47.4 Å². The van der Waals surface area contributed by atoms with Crippen molar-refractivity contribution in [3.05, 3.63) is 94.5 Å². The van der Waals surface area contributed by atoms with Crippen LogP contribution in [0.3, 0.4) is 0 Å². The first kappa shape index (κ1) is 17.7. The van der Waals surface area contributed by atoms with Crippen molar-refractivity contribution in [3.8, 4) is 11.5 Å². The van der Waals surface area contributed by atoms with Gasteiger partial charge in [-0.3, -0.25) is 4.79 Å². The average molecular weight is 376 g/mol. The number of carbonyl (C=O) groups excluding carboxylic acids is 1. The Balaban J connectivity index is 1.61. The van der Waals surface area contributed by atoms with E-state index in [9.17, 15) is 15.0 Å². The highest BCUT2D eigenvalue weighted by Gasteiger charge is 2.34. The van der Waals surface area contributed by atoms with E-state index in [1.807, 2.05) is 30.3 Å². The summed E-state index contributed by atoms with van der Waals surface area (Å²) in [6.07, 6.45) is 2.01. The largest absolute Gasteiger partial charge is 0.507 e. The Bertz CT molecular complexity index is 927. The number of phenolic OH excluding ortho intramolecular Hbond substituents is 2. The minimum Gasteiger partial charge on any atom is -0.507 e. The zero-order valence-electron chi connectivity index (χ0n) is 14.8. The fourth-order valence-corrected chi connectivity index (χ4v) is 4.94. The summed E-state index contributed by atoms with van der Waals surface area (Å²) in [4.78, 5) is 12.9. The van der Waals surface area contributed by atoms with E-state index in [0.717, 1.165) is 29.7 Å². The minimum absolute atomic E-state index is 0.0266. The number of rotatable bonds is 5. The third kappa shape index (κ3) is 3.33. The molecule has 0 saturated heterocycles. The normalized spacial score (nSPS) is 13.3. The van der Waals surface area contributed by atoms with Crippen LogP contribution in [0.15, 0.2) is 66.7 Å². The summed E-state index contributed by atoms with van der Waals surface area (Å²) in [5.74, 6) is 0.553. The lowest BCUT2D eigenvalue weighted by Gasteiger charge is -2.28. The Morgan fingerprint density at radius 1 is 0.778 bits per heavy atom. The van der Waals surface area contributed by atoms with Crippen LogP contribution in [0, 0.1) is 0 Å². The third-order valence-electron chi connectivity index (χ3n) is 4.91. The predicted molar refractivity (Wildman–Crippen MR) is 109 cm³/mol. The number of ketones is 1. The highest BCUT2D eigenvalue weighted by atomic mass is 32.2. The first-order valence-corrected chi connectivity index (χ1v) is 10.1. The lowest BCUT2D eigenvalue weighted by Crippen LogP contribution is -2.18. The molecule has 3 aromatic rings. The molecule has 4 heteroatoms. The molecule has 0 atom stereocenters. The van der Waals surface area contributed by atoms with Crippen molar-refractivity contribution in [2.45, 2.75) is 18.1 Å². The van der Waals surface area contributed by atoms with Crippen molar-refractivity contribution in [1.29, 1.82) is 0 Å². The molecular formula is C23H20O3S. The molecule has 1 aliphatic carbocycles. The van der Waals surface area contributed by atoms with Crippen molar-refractivity contribution in [2.24, 2.45) is 0 Å². The molecule has 27 heavy (non-hydrogen) atoms. The zero-order valence-corrected chi connectivity index (χ0v) is 15.6. The molecule has 0 saturated carbocycles. The Morgan fingerprint density at radius 3 is 1.96 bits per heavy atom. The molecule has 0 heterocycles. The van der Waals surface area contributed by atoms with E-state index in [2.05, 4.69) is 12.1 Å². The van der Waals surface area contributed by atoms with Crippen LogP contribution in [-0.4, -0.2) is 21.7 Å². The Hall–Kier alpha value is -2.72. The van der Waals surface area contributed by atoms with Gasteiger partial charge in [0.1, 0.15) is 11.5 Å². The van der Waals surface area contributed by atoms with E-state index in [0.29, 0.717) is 11.1 Å². The first-order chi connectivity index (χ1) is 13.2. The van der Waals surface area contributed by atoms with Crippen LogP contribution in [0.2, 0.25) is 0 Å². The third-order valence-corrected chi connectivity index (χ3v) is 6.27. The summed E-state index contributed by atoms with van der Waals surface area (Å²) in [6, 6.07) is 20.8. The van der Waals surface area contributed by atoms with E-state index in [1.165, 1.54) is 17.7 Å². The van der Waals surface area contributed by atoms with Gasteiger partial charge in [-0.25, -0.2) is 0 Å². The number of hydrogen-bond acceptors (Lipinski definition) is 4. The second-order valence-corrected chi connectivity index (χ2v) is 7.86.